The summed E-state index contributed by atoms with van der Waals surface area (Å²) >= 11 is 1.52. The van der Waals surface area contributed by atoms with Crippen LogP contribution in [0.15, 0.2) is 42.5 Å². The van der Waals surface area contributed by atoms with E-state index in [0.29, 0.717) is 38.0 Å². The number of amides is 1. The maximum absolute atomic E-state index is 12.9. The average Bonchev–Trinajstić information content (AvgIpc) is 2.72. The summed E-state index contributed by atoms with van der Waals surface area (Å²) in [4.78, 5) is 26.3. The number of nitro benzene ring substituents is 1. The van der Waals surface area contributed by atoms with E-state index in [-0.39, 0.29) is 11.6 Å². The number of benzene rings is 2. The summed E-state index contributed by atoms with van der Waals surface area (Å²) in [5, 5.41) is 11.3. The number of aryl methyl sites for hydroxylation is 1. The van der Waals surface area contributed by atoms with Crippen LogP contribution < -0.4 is 4.90 Å². The number of nitrogens with zero attached hydrogens (tertiary/aromatic N) is 3. The number of anilines is 1. The van der Waals surface area contributed by atoms with Gasteiger partial charge in [-0.15, -0.1) is 11.8 Å². The van der Waals surface area contributed by atoms with Gasteiger partial charge in [0.15, 0.2) is 0 Å². The molecule has 0 saturated carbocycles. The number of thioether (sulfide) groups is 1. The van der Waals surface area contributed by atoms with E-state index in [1.165, 1.54) is 11.8 Å². The molecular formula is C21H22F3N3O3S. The first-order valence-corrected chi connectivity index (χ1v) is 10.8. The molecule has 1 fully saturated rings. The monoisotopic (exact) mass is 453 g/mol. The predicted molar refractivity (Wildman–Crippen MR) is 114 cm³/mol. The van der Waals surface area contributed by atoms with E-state index >= 15 is 0 Å². The Kier molecular flexibility index (Phi) is 7.09. The molecule has 0 bridgehead atoms. The Labute approximate surface area is 182 Å². The van der Waals surface area contributed by atoms with Gasteiger partial charge in [0.05, 0.1) is 16.2 Å². The van der Waals surface area contributed by atoms with E-state index in [2.05, 4.69) is 6.07 Å². The van der Waals surface area contributed by atoms with Crippen LogP contribution in [0.2, 0.25) is 0 Å². The first-order chi connectivity index (χ1) is 14.6. The largest absolute Gasteiger partial charge is 0.416 e. The topological polar surface area (TPSA) is 66.7 Å². The molecule has 1 heterocycles. The van der Waals surface area contributed by atoms with Gasteiger partial charge in [-0.05, 0) is 24.6 Å². The Balaban J connectivity index is 1.56. The number of carbonyl (C=O) groups excluding carboxylic acids is 1. The van der Waals surface area contributed by atoms with Crippen LogP contribution in [0.3, 0.4) is 0 Å². The van der Waals surface area contributed by atoms with Gasteiger partial charge < -0.3 is 9.80 Å². The molecule has 1 aliphatic heterocycles. The summed E-state index contributed by atoms with van der Waals surface area (Å²) in [5.41, 5.74) is 0.819. The van der Waals surface area contributed by atoms with Gasteiger partial charge in [-0.1, -0.05) is 29.8 Å². The molecule has 31 heavy (non-hydrogen) atoms. The Hall–Kier alpha value is -2.75. The highest BCUT2D eigenvalue weighted by molar-refractivity contribution is 7.99. The summed E-state index contributed by atoms with van der Waals surface area (Å²) in [5.74, 6) is 1.04. The van der Waals surface area contributed by atoms with Crippen LogP contribution in [0.1, 0.15) is 16.7 Å². The Bertz CT molecular complexity index is 960. The predicted octanol–water partition coefficient (Wildman–Crippen LogP) is 4.50. The normalized spacial score (nSPS) is 14.6. The Morgan fingerprint density at radius 2 is 1.84 bits per heavy atom. The van der Waals surface area contributed by atoms with Crippen molar-refractivity contribution in [3.63, 3.8) is 0 Å². The molecule has 2 aromatic rings. The third-order valence-corrected chi connectivity index (χ3v) is 6.04. The molecule has 10 heteroatoms. The highest BCUT2D eigenvalue weighted by Crippen LogP contribution is 2.36. The molecule has 166 valence electrons. The van der Waals surface area contributed by atoms with Crippen LogP contribution in [0, 0.1) is 17.0 Å². The molecule has 0 aliphatic carbocycles. The van der Waals surface area contributed by atoms with Crippen molar-refractivity contribution in [3.8, 4) is 0 Å². The van der Waals surface area contributed by atoms with Crippen LogP contribution in [0.5, 0.6) is 0 Å². The van der Waals surface area contributed by atoms with Gasteiger partial charge in [0.2, 0.25) is 5.91 Å². The van der Waals surface area contributed by atoms with Crippen molar-refractivity contribution in [3.05, 3.63) is 69.3 Å². The van der Waals surface area contributed by atoms with Crippen LogP contribution >= 0.6 is 11.8 Å². The molecule has 0 radical (unpaired) electrons. The number of nitro groups is 1. The van der Waals surface area contributed by atoms with E-state index in [9.17, 15) is 28.1 Å². The fourth-order valence-electron chi connectivity index (χ4n) is 3.46. The number of halogens is 3. The lowest BCUT2D eigenvalue weighted by atomic mass is 10.1. The molecule has 0 spiro atoms. The van der Waals surface area contributed by atoms with Crippen LogP contribution in [-0.2, 0) is 16.7 Å². The standard InChI is InChI=1S/C21H22F3N3O3S/c1-15-3-2-4-16(11-15)13-31-14-20(28)26-9-7-25(8-10-26)18-6-5-17(21(22,23)24)12-19(18)27(29)30/h2-6,11-12H,7-10,13-14H2,1H3. The molecule has 1 saturated heterocycles. The summed E-state index contributed by atoms with van der Waals surface area (Å²) < 4.78 is 38.7. The van der Waals surface area contributed by atoms with Crippen LogP contribution in [0.4, 0.5) is 24.5 Å². The van der Waals surface area contributed by atoms with Crippen LogP contribution in [-0.4, -0.2) is 47.7 Å². The summed E-state index contributed by atoms with van der Waals surface area (Å²) in [6.07, 6.45) is -4.65. The first-order valence-electron chi connectivity index (χ1n) is 9.67. The summed E-state index contributed by atoms with van der Waals surface area (Å²) in [6.45, 7) is 3.38. The average molecular weight is 453 g/mol. The van der Waals surface area contributed by atoms with E-state index in [1.807, 2.05) is 25.1 Å². The Morgan fingerprint density at radius 3 is 2.45 bits per heavy atom. The number of alkyl halides is 3. The molecule has 6 nitrogen and oxygen atoms in total. The number of piperazine rings is 1. The minimum Gasteiger partial charge on any atom is -0.362 e. The minimum atomic E-state index is -4.65. The fraction of sp³-hybridized carbons (Fsp3) is 0.381. The van der Waals surface area contributed by atoms with Crippen molar-refractivity contribution >= 4 is 29.0 Å². The second-order valence-electron chi connectivity index (χ2n) is 7.31. The molecular weight excluding hydrogens is 431 g/mol. The van der Waals surface area contributed by atoms with Gasteiger partial charge in [0.25, 0.3) is 5.69 Å². The van der Waals surface area contributed by atoms with Crippen molar-refractivity contribution in [1.82, 2.24) is 4.90 Å². The number of hydrogen-bond acceptors (Lipinski definition) is 5. The quantitative estimate of drug-likeness (QED) is 0.476. The number of rotatable bonds is 6. The van der Waals surface area contributed by atoms with Gasteiger partial charge in [-0.25, -0.2) is 0 Å². The zero-order valence-corrected chi connectivity index (χ0v) is 17.7. The van der Waals surface area contributed by atoms with Crippen molar-refractivity contribution in [2.75, 3.05) is 36.8 Å². The van der Waals surface area contributed by atoms with E-state index in [4.69, 9.17) is 0 Å². The van der Waals surface area contributed by atoms with Crippen molar-refractivity contribution < 1.29 is 22.9 Å². The number of carbonyl (C=O) groups is 1. The molecule has 0 N–H and O–H groups in total. The third-order valence-electron chi connectivity index (χ3n) is 5.05. The van der Waals surface area contributed by atoms with Crippen LogP contribution in [0.25, 0.3) is 0 Å². The first kappa shape index (κ1) is 22.9. The van der Waals surface area contributed by atoms with Gasteiger partial charge in [-0.3, -0.25) is 14.9 Å². The van der Waals surface area contributed by atoms with Gasteiger partial charge in [-0.2, -0.15) is 13.2 Å². The molecule has 3 rings (SSSR count). The van der Waals surface area contributed by atoms with Crippen molar-refractivity contribution in [1.29, 1.82) is 0 Å². The minimum absolute atomic E-state index is 0.0146. The van der Waals surface area contributed by atoms with E-state index < -0.39 is 22.4 Å². The van der Waals surface area contributed by atoms with E-state index in [1.54, 1.807) is 9.80 Å². The summed E-state index contributed by atoms with van der Waals surface area (Å²) in [7, 11) is 0. The second-order valence-corrected chi connectivity index (χ2v) is 8.29. The number of hydrogen-bond donors (Lipinski definition) is 0. The molecule has 0 atom stereocenters. The highest BCUT2D eigenvalue weighted by Gasteiger charge is 2.34. The van der Waals surface area contributed by atoms with Crippen molar-refractivity contribution in [2.24, 2.45) is 0 Å². The zero-order chi connectivity index (χ0) is 22.6. The van der Waals surface area contributed by atoms with E-state index in [0.717, 1.165) is 29.0 Å². The smallest absolute Gasteiger partial charge is 0.362 e. The third kappa shape index (κ3) is 5.90. The maximum atomic E-state index is 12.9. The van der Waals surface area contributed by atoms with Gasteiger partial charge in [0, 0.05) is 38.0 Å². The lowest BCUT2D eigenvalue weighted by Crippen LogP contribution is -2.49. The summed E-state index contributed by atoms with van der Waals surface area (Å²) in [6, 6.07) is 10.6. The lowest BCUT2D eigenvalue weighted by molar-refractivity contribution is -0.384. The van der Waals surface area contributed by atoms with Gasteiger partial charge in [0.1, 0.15) is 5.69 Å². The molecule has 2 aromatic carbocycles. The molecule has 0 aromatic heterocycles. The Morgan fingerprint density at radius 1 is 1.13 bits per heavy atom. The lowest BCUT2D eigenvalue weighted by Gasteiger charge is -2.36. The highest BCUT2D eigenvalue weighted by atomic mass is 32.2. The molecule has 0 unspecified atom stereocenters. The molecule has 1 aliphatic rings. The van der Waals surface area contributed by atoms with Gasteiger partial charge >= 0.3 is 6.18 Å². The SMILES string of the molecule is Cc1cccc(CSCC(=O)N2CCN(c3ccc(C(F)(F)F)cc3[N+](=O)[O-])CC2)c1. The zero-order valence-electron chi connectivity index (χ0n) is 16.9. The van der Waals surface area contributed by atoms with Crippen molar-refractivity contribution in [2.45, 2.75) is 18.9 Å². The second kappa shape index (κ2) is 9.59. The maximum Gasteiger partial charge on any atom is 0.416 e. The molecule has 1 amide bonds. The fourth-order valence-corrected chi connectivity index (χ4v) is 4.33.